The predicted molar refractivity (Wildman–Crippen MR) is 83.4 cm³/mol. The molecule has 1 saturated carbocycles. The number of nitro groups is 1. The summed E-state index contributed by atoms with van der Waals surface area (Å²) in [7, 11) is 0. The molecule has 23 heavy (non-hydrogen) atoms. The molecule has 0 radical (unpaired) electrons. The highest BCUT2D eigenvalue weighted by atomic mass is 35.5. The first-order valence-electron chi connectivity index (χ1n) is 7.34. The van der Waals surface area contributed by atoms with Gasteiger partial charge in [-0.25, -0.2) is 4.79 Å². The summed E-state index contributed by atoms with van der Waals surface area (Å²) in [5, 5.41) is 13.6. The fraction of sp³-hybridized carbons (Fsp3) is 0.467. The normalized spacial score (nSPS) is 15.9. The first-order chi connectivity index (χ1) is 10.9. The number of ether oxygens (including phenoxy) is 1. The molecule has 1 fully saturated rings. The molecule has 0 bridgehead atoms. The Morgan fingerprint density at radius 2 is 2.04 bits per heavy atom. The lowest BCUT2D eigenvalue weighted by molar-refractivity contribution is -0.384. The second-order valence-electron chi connectivity index (χ2n) is 5.46. The average Bonchev–Trinajstić information content (AvgIpc) is 3.00. The fourth-order valence-electron chi connectivity index (χ4n) is 2.45. The highest BCUT2D eigenvalue weighted by Crippen LogP contribution is 2.25. The van der Waals surface area contributed by atoms with Gasteiger partial charge in [0.1, 0.15) is 5.02 Å². The number of nitrogens with zero attached hydrogens (tertiary/aromatic N) is 1. The van der Waals surface area contributed by atoms with E-state index in [0.29, 0.717) is 0 Å². The van der Waals surface area contributed by atoms with Gasteiger partial charge in [0.25, 0.3) is 11.6 Å². The smallest absolute Gasteiger partial charge is 0.339 e. The minimum absolute atomic E-state index is 0.0263. The Morgan fingerprint density at radius 3 is 2.65 bits per heavy atom. The fourth-order valence-corrected chi connectivity index (χ4v) is 2.64. The lowest BCUT2D eigenvalue weighted by Gasteiger charge is -2.17. The van der Waals surface area contributed by atoms with Crippen LogP contribution in [0.3, 0.4) is 0 Å². The van der Waals surface area contributed by atoms with Crippen molar-refractivity contribution < 1.29 is 19.2 Å². The topological polar surface area (TPSA) is 98.5 Å². The molecule has 8 heteroatoms. The van der Waals surface area contributed by atoms with Crippen LogP contribution in [0.1, 0.15) is 43.0 Å². The van der Waals surface area contributed by atoms with Crippen LogP contribution in [-0.2, 0) is 9.53 Å². The van der Waals surface area contributed by atoms with Crippen LogP contribution >= 0.6 is 11.6 Å². The second kappa shape index (κ2) is 7.41. The molecule has 0 aliphatic heterocycles. The molecule has 2 rings (SSSR count). The van der Waals surface area contributed by atoms with Crippen molar-refractivity contribution in [3.63, 3.8) is 0 Å². The molecular formula is C15H17ClN2O5. The van der Waals surface area contributed by atoms with E-state index in [1.165, 1.54) is 19.1 Å². The summed E-state index contributed by atoms with van der Waals surface area (Å²) < 4.78 is 5.07. The monoisotopic (exact) mass is 340 g/mol. The molecule has 0 aromatic heterocycles. The minimum Gasteiger partial charge on any atom is -0.449 e. The van der Waals surface area contributed by atoms with Gasteiger partial charge in [-0.15, -0.1) is 0 Å². The standard InChI is InChI=1S/C15H17ClN2O5/c1-9(14(19)17-11-4-2-3-5-11)23-15(20)10-6-7-12(16)13(8-10)18(21)22/h6-9,11H,2-5H2,1H3,(H,17,19)/t9-/m0/s1. The largest absolute Gasteiger partial charge is 0.449 e. The third-order valence-corrected chi connectivity index (χ3v) is 4.05. The van der Waals surface area contributed by atoms with Gasteiger partial charge in [-0.05, 0) is 31.9 Å². The van der Waals surface area contributed by atoms with Crippen molar-refractivity contribution in [3.05, 3.63) is 38.9 Å². The van der Waals surface area contributed by atoms with E-state index < -0.39 is 17.0 Å². The van der Waals surface area contributed by atoms with Gasteiger partial charge in [-0.1, -0.05) is 24.4 Å². The third-order valence-electron chi connectivity index (χ3n) is 3.73. The maximum atomic E-state index is 12.0. The van der Waals surface area contributed by atoms with Crippen LogP contribution in [-0.4, -0.2) is 28.9 Å². The first-order valence-corrected chi connectivity index (χ1v) is 7.71. The third kappa shape index (κ3) is 4.41. The molecule has 1 N–H and O–H groups in total. The summed E-state index contributed by atoms with van der Waals surface area (Å²) in [5.41, 5.74) is -0.411. The summed E-state index contributed by atoms with van der Waals surface area (Å²) in [6.07, 6.45) is 3.03. The Balaban J connectivity index is 1.99. The number of benzene rings is 1. The van der Waals surface area contributed by atoms with Crippen LogP contribution in [0.2, 0.25) is 5.02 Å². The average molecular weight is 341 g/mol. The number of carbonyl (C=O) groups excluding carboxylic acids is 2. The Labute approximate surface area is 138 Å². The molecule has 124 valence electrons. The number of carbonyl (C=O) groups is 2. The molecule has 0 heterocycles. The maximum Gasteiger partial charge on any atom is 0.339 e. The van der Waals surface area contributed by atoms with Crippen LogP contribution in [0.25, 0.3) is 0 Å². The zero-order valence-electron chi connectivity index (χ0n) is 12.6. The number of amides is 1. The summed E-state index contributed by atoms with van der Waals surface area (Å²) in [6, 6.07) is 3.73. The van der Waals surface area contributed by atoms with Crippen molar-refractivity contribution in [2.24, 2.45) is 0 Å². The summed E-state index contributed by atoms with van der Waals surface area (Å²) in [4.78, 5) is 34.1. The number of hydrogen-bond donors (Lipinski definition) is 1. The van der Waals surface area contributed by atoms with Gasteiger partial charge in [0.2, 0.25) is 0 Å². The summed E-state index contributed by atoms with van der Waals surface area (Å²) in [5.74, 6) is -1.17. The molecule has 0 saturated heterocycles. The maximum absolute atomic E-state index is 12.0. The lowest BCUT2D eigenvalue weighted by atomic mass is 10.2. The Hall–Kier alpha value is -2.15. The van der Waals surface area contributed by atoms with Gasteiger partial charge in [-0.3, -0.25) is 14.9 Å². The van der Waals surface area contributed by atoms with E-state index in [4.69, 9.17) is 16.3 Å². The SMILES string of the molecule is C[C@H](OC(=O)c1ccc(Cl)c([N+](=O)[O-])c1)C(=O)NC1CCCC1. The van der Waals surface area contributed by atoms with E-state index in [1.807, 2.05) is 0 Å². The van der Waals surface area contributed by atoms with Gasteiger partial charge in [0.05, 0.1) is 10.5 Å². The quantitative estimate of drug-likeness (QED) is 0.505. The van der Waals surface area contributed by atoms with Crippen molar-refractivity contribution in [2.45, 2.75) is 44.8 Å². The van der Waals surface area contributed by atoms with E-state index in [-0.39, 0.29) is 28.2 Å². The van der Waals surface area contributed by atoms with Crippen molar-refractivity contribution in [1.82, 2.24) is 5.32 Å². The number of esters is 1. The second-order valence-corrected chi connectivity index (χ2v) is 5.87. The molecule has 1 atom stereocenters. The zero-order valence-corrected chi connectivity index (χ0v) is 13.3. The molecule has 7 nitrogen and oxygen atoms in total. The molecule has 1 aliphatic rings. The number of nitro benzene ring substituents is 1. The Bertz CT molecular complexity index is 628. The first kappa shape index (κ1) is 17.2. The van der Waals surface area contributed by atoms with Gasteiger partial charge in [0, 0.05) is 12.1 Å². The van der Waals surface area contributed by atoms with Gasteiger partial charge in [0.15, 0.2) is 6.10 Å². The molecule has 0 spiro atoms. The highest BCUT2D eigenvalue weighted by molar-refractivity contribution is 6.32. The Kier molecular flexibility index (Phi) is 5.54. The van der Waals surface area contributed by atoms with E-state index >= 15 is 0 Å². The lowest BCUT2D eigenvalue weighted by Crippen LogP contribution is -2.40. The summed E-state index contributed by atoms with van der Waals surface area (Å²) in [6.45, 7) is 1.46. The number of hydrogen-bond acceptors (Lipinski definition) is 5. The van der Waals surface area contributed by atoms with Gasteiger partial charge < -0.3 is 10.1 Å². The number of halogens is 1. The van der Waals surface area contributed by atoms with Crippen LogP contribution in [0, 0.1) is 10.1 Å². The summed E-state index contributed by atoms with van der Waals surface area (Å²) >= 11 is 5.69. The zero-order chi connectivity index (χ0) is 17.0. The van der Waals surface area contributed by atoms with Crippen LogP contribution in [0.5, 0.6) is 0 Å². The number of rotatable bonds is 5. The van der Waals surface area contributed by atoms with Crippen LogP contribution in [0.4, 0.5) is 5.69 Å². The van der Waals surface area contributed by atoms with E-state index in [9.17, 15) is 19.7 Å². The predicted octanol–water partition coefficient (Wildman–Crippen LogP) is 2.85. The molecule has 1 amide bonds. The van der Waals surface area contributed by atoms with Crippen molar-refractivity contribution in [3.8, 4) is 0 Å². The molecule has 1 aromatic carbocycles. The van der Waals surface area contributed by atoms with Crippen molar-refractivity contribution in [2.75, 3.05) is 0 Å². The van der Waals surface area contributed by atoms with Gasteiger partial charge >= 0.3 is 5.97 Å². The van der Waals surface area contributed by atoms with E-state index in [0.717, 1.165) is 31.7 Å². The molecule has 0 unspecified atom stereocenters. The van der Waals surface area contributed by atoms with E-state index in [1.54, 1.807) is 0 Å². The highest BCUT2D eigenvalue weighted by Gasteiger charge is 2.24. The van der Waals surface area contributed by atoms with Gasteiger partial charge in [-0.2, -0.15) is 0 Å². The minimum atomic E-state index is -0.974. The van der Waals surface area contributed by atoms with Crippen LogP contribution in [0.15, 0.2) is 18.2 Å². The van der Waals surface area contributed by atoms with Crippen molar-refractivity contribution >= 4 is 29.2 Å². The molecule has 1 aromatic rings. The van der Waals surface area contributed by atoms with Crippen LogP contribution < -0.4 is 5.32 Å². The van der Waals surface area contributed by atoms with Crippen molar-refractivity contribution in [1.29, 1.82) is 0 Å². The molecule has 1 aliphatic carbocycles. The molecular weight excluding hydrogens is 324 g/mol. The Morgan fingerprint density at radius 1 is 1.39 bits per heavy atom. The number of nitrogens with one attached hydrogen (secondary N) is 1. The van der Waals surface area contributed by atoms with E-state index in [2.05, 4.69) is 5.32 Å².